The molecule has 78 valence electrons. The molecule has 0 aromatic rings. The van der Waals surface area contributed by atoms with Gasteiger partial charge in [-0.25, -0.2) is 0 Å². The monoisotopic (exact) mass is 184 g/mol. The minimum absolute atomic E-state index is 0.695. The van der Waals surface area contributed by atoms with Gasteiger partial charge >= 0.3 is 0 Å². The summed E-state index contributed by atoms with van der Waals surface area (Å²) < 4.78 is 0. The average Bonchev–Trinajstić information content (AvgIpc) is 2.64. The Balaban J connectivity index is 1.97. The van der Waals surface area contributed by atoms with Crippen LogP contribution in [-0.4, -0.2) is 37.1 Å². The van der Waals surface area contributed by atoms with Crippen molar-refractivity contribution < 1.29 is 0 Å². The van der Waals surface area contributed by atoms with Crippen molar-refractivity contribution in [2.24, 2.45) is 0 Å². The first-order valence-electron chi connectivity index (χ1n) is 5.78. The molecule has 1 unspecified atom stereocenters. The minimum Gasteiger partial charge on any atom is -0.314 e. The molecule has 0 aromatic carbocycles. The lowest BCUT2D eigenvalue weighted by Crippen LogP contribution is -2.31. The van der Waals surface area contributed by atoms with E-state index in [1.807, 2.05) is 0 Å². The highest BCUT2D eigenvalue weighted by Gasteiger charge is 2.11. The van der Waals surface area contributed by atoms with Crippen molar-refractivity contribution in [3.05, 3.63) is 0 Å². The summed E-state index contributed by atoms with van der Waals surface area (Å²) in [7, 11) is 0. The van der Waals surface area contributed by atoms with Gasteiger partial charge in [0.2, 0.25) is 0 Å². The highest BCUT2D eigenvalue weighted by atomic mass is 15.1. The van der Waals surface area contributed by atoms with Gasteiger partial charge in [0.15, 0.2) is 0 Å². The Kier molecular flexibility index (Phi) is 5.40. The molecule has 1 saturated heterocycles. The summed E-state index contributed by atoms with van der Waals surface area (Å²) in [6.45, 7) is 9.64. The lowest BCUT2D eigenvalue weighted by atomic mass is 10.2. The molecule has 0 amide bonds. The first kappa shape index (κ1) is 11.0. The fourth-order valence-corrected chi connectivity index (χ4v) is 1.88. The molecule has 0 aliphatic carbocycles. The van der Waals surface area contributed by atoms with Gasteiger partial charge in [0, 0.05) is 6.04 Å². The third-order valence-corrected chi connectivity index (χ3v) is 2.82. The Morgan fingerprint density at radius 1 is 1.31 bits per heavy atom. The maximum Gasteiger partial charge on any atom is 0.00508 e. The van der Waals surface area contributed by atoms with Gasteiger partial charge in [0.25, 0.3) is 0 Å². The van der Waals surface area contributed by atoms with E-state index in [2.05, 4.69) is 24.1 Å². The van der Waals surface area contributed by atoms with Crippen molar-refractivity contribution in [1.29, 1.82) is 0 Å². The molecule has 1 heterocycles. The normalized spacial score (nSPS) is 20.8. The topological polar surface area (TPSA) is 15.3 Å². The van der Waals surface area contributed by atoms with Crippen molar-refractivity contribution >= 4 is 0 Å². The van der Waals surface area contributed by atoms with E-state index in [1.165, 1.54) is 51.9 Å². The predicted octanol–water partition coefficient (Wildman–Crippen LogP) is 1.86. The second kappa shape index (κ2) is 6.39. The Morgan fingerprint density at radius 3 is 2.62 bits per heavy atom. The number of nitrogens with zero attached hydrogens (tertiary/aromatic N) is 1. The summed E-state index contributed by atoms with van der Waals surface area (Å²) in [5.74, 6) is 0. The molecule has 1 aliphatic heterocycles. The lowest BCUT2D eigenvalue weighted by Gasteiger charge is -2.18. The van der Waals surface area contributed by atoms with Gasteiger partial charge in [-0.3, -0.25) is 0 Å². The molecule has 0 radical (unpaired) electrons. The van der Waals surface area contributed by atoms with E-state index in [-0.39, 0.29) is 0 Å². The van der Waals surface area contributed by atoms with Crippen LogP contribution in [0, 0.1) is 0 Å². The van der Waals surface area contributed by atoms with Crippen LogP contribution in [0.4, 0.5) is 0 Å². The second-order valence-corrected chi connectivity index (χ2v) is 4.19. The number of hydrogen-bond acceptors (Lipinski definition) is 2. The third-order valence-electron chi connectivity index (χ3n) is 2.82. The van der Waals surface area contributed by atoms with Gasteiger partial charge < -0.3 is 10.2 Å². The van der Waals surface area contributed by atoms with E-state index in [0.717, 1.165) is 0 Å². The quantitative estimate of drug-likeness (QED) is 0.678. The van der Waals surface area contributed by atoms with Gasteiger partial charge in [-0.2, -0.15) is 0 Å². The summed E-state index contributed by atoms with van der Waals surface area (Å²) in [5.41, 5.74) is 0. The van der Waals surface area contributed by atoms with Crippen molar-refractivity contribution in [2.45, 2.75) is 45.6 Å². The standard InChI is InChI=1S/C11H24N2/c1-3-7-12-11(2)6-10-13-8-4-5-9-13/h11-12H,3-10H2,1-2H3. The summed E-state index contributed by atoms with van der Waals surface area (Å²) in [6.07, 6.45) is 5.38. The molecule has 1 N–H and O–H groups in total. The van der Waals surface area contributed by atoms with Crippen LogP contribution >= 0.6 is 0 Å². The van der Waals surface area contributed by atoms with E-state index in [1.54, 1.807) is 0 Å². The van der Waals surface area contributed by atoms with Crippen molar-refractivity contribution in [3.63, 3.8) is 0 Å². The van der Waals surface area contributed by atoms with Gasteiger partial charge in [-0.1, -0.05) is 6.92 Å². The fourth-order valence-electron chi connectivity index (χ4n) is 1.88. The SMILES string of the molecule is CCCNC(C)CCN1CCCC1. The lowest BCUT2D eigenvalue weighted by molar-refractivity contribution is 0.314. The number of hydrogen-bond donors (Lipinski definition) is 1. The largest absolute Gasteiger partial charge is 0.314 e. The molecule has 0 spiro atoms. The van der Waals surface area contributed by atoms with E-state index in [0.29, 0.717) is 6.04 Å². The van der Waals surface area contributed by atoms with Crippen LogP contribution in [0.1, 0.15) is 39.5 Å². The van der Waals surface area contributed by atoms with Crippen LogP contribution in [0.2, 0.25) is 0 Å². The van der Waals surface area contributed by atoms with E-state index >= 15 is 0 Å². The van der Waals surface area contributed by atoms with E-state index in [4.69, 9.17) is 0 Å². The molecular formula is C11H24N2. The van der Waals surface area contributed by atoms with Gasteiger partial charge in [-0.15, -0.1) is 0 Å². The van der Waals surface area contributed by atoms with Crippen LogP contribution < -0.4 is 5.32 Å². The maximum absolute atomic E-state index is 3.53. The molecule has 1 atom stereocenters. The second-order valence-electron chi connectivity index (χ2n) is 4.19. The number of nitrogens with one attached hydrogen (secondary N) is 1. The summed E-state index contributed by atoms with van der Waals surface area (Å²) >= 11 is 0. The highest BCUT2D eigenvalue weighted by Crippen LogP contribution is 2.08. The first-order chi connectivity index (χ1) is 6.33. The fraction of sp³-hybridized carbons (Fsp3) is 1.00. The van der Waals surface area contributed by atoms with Crippen molar-refractivity contribution in [1.82, 2.24) is 10.2 Å². The minimum atomic E-state index is 0.695. The molecule has 13 heavy (non-hydrogen) atoms. The average molecular weight is 184 g/mol. The Hall–Kier alpha value is -0.0800. The molecular weight excluding hydrogens is 160 g/mol. The predicted molar refractivity (Wildman–Crippen MR) is 58.0 cm³/mol. The van der Waals surface area contributed by atoms with Gasteiger partial charge in [0.05, 0.1) is 0 Å². The van der Waals surface area contributed by atoms with E-state index < -0.39 is 0 Å². The molecule has 0 saturated carbocycles. The molecule has 2 heteroatoms. The Labute approximate surface area is 82.7 Å². The zero-order valence-corrected chi connectivity index (χ0v) is 9.18. The van der Waals surface area contributed by atoms with Crippen molar-refractivity contribution in [3.8, 4) is 0 Å². The molecule has 2 nitrogen and oxygen atoms in total. The zero-order valence-electron chi connectivity index (χ0n) is 9.18. The van der Waals surface area contributed by atoms with Crippen LogP contribution in [0.5, 0.6) is 0 Å². The van der Waals surface area contributed by atoms with Gasteiger partial charge in [0.1, 0.15) is 0 Å². The van der Waals surface area contributed by atoms with Crippen LogP contribution in [0.15, 0.2) is 0 Å². The molecule has 0 bridgehead atoms. The van der Waals surface area contributed by atoms with Crippen LogP contribution in [0.25, 0.3) is 0 Å². The van der Waals surface area contributed by atoms with E-state index in [9.17, 15) is 0 Å². The molecule has 1 aliphatic rings. The Morgan fingerprint density at radius 2 is 2.00 bits per heavy atom. The van der Waals surface area contributed by atoms with Gasteiger partial charge in [-0.05, 0) is 58.8 Å². The number of likely N-dealkylation sites (tertiary alicyclic amines) is 1. The summed E-state index contributed by atoms with van der Waals surface area (Å²) in [6, 6.07) is 0.695. The smallest absolute Gasteiger partial charge is 0.00508 e. The highest BCUT2D eigenvalue weighted by molar-refractivity contribution is 4.69. The molecule has 1 fully saturated rings. The van der Waals surface area contributed by atoms with Crippen LogP contribution in [0.3, 0.4) is 0 Å². The molecule has 1 rings (SSSR count). The summed E-state index contributed by atoms with van der Waals surface area (Å²) in [4.78, 5) is 2.59. The number of rotatable bonds is 6. The van der Waals surface area contributed by atoms with Crippen LogP contribution in [-0.2, 0) is 0 Å². The molecule has 0 aromatic heterocycles. The zero-order chi connectivity index (χ0) is 9.52. The third kappa shape index (κ3) is 4.63. The maximum atomic E-state index is 3.53. The summed E-state index contributed by atoms with van der Waals surface area (Å²) in [5, 5.41) is 3.53. The first-order valence-corrected chi connectivity index (χ1v) is 5.78. The Bertz CT molecular complexity index is 119. The van der Waals surface area contributed by atoms with Crippen molar-refractivity contribution in [2.75, 3.05) is 26.2 Å².